The van der Waals surface area contributed by atoms with E-state index in [0.717, 1.165) is 29.5 Å². The molecule has 0 spiro atoms. The molecule has 0 atom stereocenters. The van der Waals surface area contributed by atoms with Gasteiger partial charge in [0, 0.05) is 23.2 Å². The average molecular weight is 604 g/mol. The summed E-state index contributed by atoms with van der Waals surface area (Å²) in [7, 11) is 3.12. The number of hydrogen-bond acceptors (Lipinski definition) is 7. The molecule has 39 heavy (non-hydrogen) atoms. The molecule has 0 aliphatic rings. The zero-order chi connectivity index (χ0) is 28.8. The minimum absolute atomic E-state index is 0.00316. The first-order valence-electron chi connectivity index (χ1n) is 13.3. The quantitative estimate of drug-likeness (QED) is 0.0739. The number of methoxy groups -OCH3 is 2. The fourth-order valence-electron chi connectivity index (χ4n) is 3.91. The molecule has 1 amide bonds. The van der Waals surface area contributed by atoms with E-state index < -0.39 is 5.91 Å². The van der Waals surface area contributed by atoms with Crippen molar-refractivity contribution in [1.82, 2.24) is 0 Å². The van der Waals surface area contributed by atoms with Gasteiger partial charge in [0.2, 0.25) is 0 Å². The van der Waals surface area contributed by atoms with Gasteiger partial charge in [0.15, 0.2) is 5.71 Å². The van der Waals surface area contributed by atoms with Gasteiger partial charge in [0.25, 0.3) is 5.91 Å². The van der Waals surface area contributed by atoms with Crippen molar-refractivity contribution in [2.75, 3.05) is 31.5 Å². The van der Waals surface area contributed by atoms with Gasteiger partial charge in [-0.2, -0.15) is 5.10 Å². The number of nitrogens with zero attached hydrogens (tertiary/aromatic N) is 2. The molecule has 214 valence electrons. The van der Waals surface area contributed by atoms with Gasteiger partial charge in [-0.1, -0.05) is 62.4 Å². The van der Waals surface area contributed by atoms with Crippen molar-refractivity contribution in [1.29, 1.82) is 0 Å². The smallest absolute Gasteiger partial charge is 0.277 e. The number of aliphatic imine (C=N–C) groups is 1. The number of hydrazone groups is 1. The molecular weight excluding hydrogens is 560 g/mol. The SMILES string of the molecule is COc1ccc(OC)c(N=C(C)/C(=N\N)C(=O)Nc2cc(OCCCCCCCCBr)cc(C(C)(C)C)c2)c1. The van der Waals surface area contributed by atoms with Gasteiger partial charge in [0.1, 0.15) is 22.9 Å². The summed E-state index contributed by atoms with van der Waals surface area (Å²) in [5.41, 5.74) is 2.34. The number of carbonyl (C=O) groups excluding carboxylic acids is 1. The molecule has 0 saturated heterocycles. The van der Waals surface area contributed by atoms with Gasteiger partial charge in [-0.3, -0.25) is 4.79 Å². The largest absolute Gasteiger partial charge is 0.497 e. The van der Waals surface area contributed by atoms with E-state index in [-0.39, 0.29) is 11.1 Å². The predicted molar refractivity (Wildman–Crippen MR) is 165 cm³/mol. The highest BCUT2D eigenvalue weighted by atomic mass is 79.9. The van der Waals surface area contributed by atoms with Gasteiger partial charge in [-0.15, -0.1) is 0 Å². The van der Waals surface area contributed by atoms with Crippen LogP contribution in [-0.4, -0.2) is 43.5 Å². The third kappa shape index (κ3) is 10.5. The molecule has 0 bridgehead atoms. The summed E-state index contributed by atoms with van der Waals surface area (Å²) >= 11 is 3.48. The van der Waals surface area contributed by atoms with Crippen LogP contribution in [-0.2, 0) is 10.2 Å². The number of rotatable bonds is 15. The third-order valence-electron chi connectivity index (χ3n) is 6.19. The zero-order valence-electron chi connectivity index (χ0n) is 24.1. The lowest BCUT2D eigenvalue weighted by atomic mass is 9.86. The van der Waals surface area contributed by atoms with Crippen molar-refractivity contribution in [2.45, 2.75) is 71.6 Å². The van der Waals surface area contributed by atoms with Crippen molar-refractivity contribution in [3.63, 3.8) is 0 Å². The number of carbonyl (C=O) groups is 1. The normalized spacial score (nSPS) is 12.3. The fourth-order valence-corrected chi connectivity index (χ4v) is 4.30. The number of halogens is 1. The molecule has 0 saturated carbocycles. The molecule has 9 heteroatoms. The monoisotopic (exact) mass is 602 g/mol. The third-order valence-corrected chi connectivity index (χ3v) is 6.75. The van der Waals surface area contributed by atoms with E-state index in [1.807, 2.05) is 18.2 Å². The molecule has 0 aromatic heterocycles. The van der Waals surface area contributed by atoms with Crippen LogP contribution in [0.15, 0.2) is 46.5 Å². The Morgan fingerprint density at radius 1 is 0.949 bits per heavy atom. The summed E-state index contributed by atoms with van der Waals surface area (Å²) < 4.78 is 16.8. The Hall–Kier alpha value is -3.07. The maximum atomic E-state index is 13.2. The summed E-state index contributed by atoms with van der Waals surface area (Å²) in [6.45, 7) is 8.66. The van der Waals surface area contributed by atoms with Gasteiger partial charge in [-0.05, 0) is 55.0 Å². The molecular formula is C30H43BrN4O4. The first kappa shape index (κ1) is 32.1. The highest BCUT2D eigenvalue weighted by molar-refractivity contribution is 9.09. The number of hydrogen-bond donors (Lipinski definition) is 2. The number of nitrogens with two attached hydrogens (primary N) is 1. The van der Waals surface area contributed by atoms with Gasteiger partial charge >= 0.3 is 0 Å². The molecule has 0 heterocycles. The Labute approximate surface area is 241 Å². The van der Waals surface area contributed by atoms with Gasteiger partial charge in [0.05, 0.1) is 26.5 Å². The van der Waals surface area contributed by atoms with Crippen LogP contribution in [0.1, 0.15) is 71.8 Å². The zero-order valence-corrected chi connectivity index (χ0v) is 25.7. The summed E-state index contributed by atoms with van der Waals surface area (Å²) in [4.78, 5) is 17.8. The summed E-state index contributed by atoms with van der Waals surface area (Å²) in [5.74, 6) is 7.02. The second-order valence-electron chi connectivity index (χ2n) is 10.3. The Morgan fingerprint density at radius 3 is 2.26 bits per heavy atom. The van der Waals surface area contributed by atoms with Crippen molar-refractivity contribution in [3.8, 4) is 17.2 Å². The van der Waals surface area contributed by atoms with Crippen LogP contribution in [0.4, 0.5) is 11.4 Å². The second kappa shape index (κ2) is 16.1. The lowest BCUT2D eigenvalue weighted by Gasteiger charge is -2.21. The van der Waals surface area contributed by atoms with Crippen LogP contribution in [0.5, 0.6) is 17.2 Å². The Kier molecular flexibility index (Phi) is 13.3. The second-order valence-corrected chi connectivity index (χ2v) is 11.1. The molecule has 3 N–H and O–H groups in total. The van der Waals surface area contributed by atoms with E-state index in [2.05, 4.69) is 52.1 Å². The highest BCUT2D eigenvalue weighted by Gasteiger charge is 2.20. The van der Waals surface area contributed by atoms with Crippen molar-refractivity contribution in [2.24, 2.45) is 15.9 Å². The van der Waals surface area contributed by atoms with Crippen molar-refractivity contribution >= 4 is 44.6 Å². The molecule has 0 fully saturated rings. The Morgan fingerprint density at radius 2 is 1.64 bits per heavy atom. The molecule has 2 aromatic rings. The van der Waals surface area contributed by atoms with E-state index in [1.54, 1.807) is 39.3 Å². The van der Waals surface area contributed by atoms with E-state index >= 15 is 0 Å². The predicted octanol–water partition coefficient (Wildman–Crippen LogP) is 7.16. The molecule has 0 aliphatic heterocycles. The van der Waals surface area contributed by atoms with Crippen LogP contribution in [0.25, 0.3) is 0 Å². The summed E-state index contributed by atoms with van der Waals surface area (Å²) in [6.07, 6.45) is 7.07. The van der Waals surface area contributed by atoms with Crippen molar-refractivity contribution in [3.05, 3.63) is 42.0 Å². The number of unbranched alkanes of at least 4 members (excludes halogenated alkanes) is 5. The number of amides is 1. The molecule has 0 aliphatic carbocycles. The number of alkyl halides is 1. The van der Waals surface area contributed by atoms with Crippen molar-refractivity contribution < 1.29 is 19.0 Å². The van der Waals surface area contributed by atoms with Crippen LogP contribution >= 0.6 is 15.9 Å². The first-order valence-corrected chi connectivity index (χ1v) is 14.5. The molecule has 0 unspecified atom stereocenters. The molecule has 8 nitrogen and oxygen atoms in total. The number of ether oxygens (including phenoxy) is 3. The Balaban J connectivity index is 2.17. The van der Waals surface area contributed by atoms with E-state index in [1.165, 1.54) is 25.7 Å². The minimum atomic E-state index is -0.471. The van der Waals surface area contributed by atoms with E-state index in [4.69, 9.17) is 20.1 Å². The topological polar surface area (TPSA) is 108 Å². The van der Waals surface area contributed by atoms with Crippen LogP contribution in [0.2, 0.25) is 0 Å². The lowest BCUT2D eigenvalue weighted by Crippen LogP contribution is -2.30. The van der Waals surface area contributed by atoms with E-state index in [9.17, 15) is 4.79 Å². The average Bonchev–Trinajstić information content (AvgIpc) is 2.90. The minimum Gasteiger partial charge on any atom is -0.497 e. The summed E-state index contributed by atoms with van der Waals surface area (Å²) in [5, 5.41) is 7.73. The number of nitrogens with one attached hydrogen (secondary N) is 1. The maximum absolute atomic E-state index is 13.2. The summed E-state index contributed by atoms with van der Waals surface area (Å²) in [6, 6.07) is 11.0. The highest BCUT2D eigenvalue weighted by Crippen LogP contribution is 2.32. The molecule has 2 rings (SSSR count). The lowest BCUT2D eigenvalue weighted by molar-refractivity contribution is -0.110. The van der Waals surface area contributed by atoms with Gasteiger partial charge in [-0.25, -0.2) is 4.99 Å². The Bertz CT molecular complexity index is 1140. The fraction of sp³-hybridized carbons (Fsp3) is 0.500. The maximum Gasteiger partial charge on any atom is 0.277 e. The van der Waals surface area contributed by atoms with E-state index in [0.29, 0.717) is 35.2 Å². The molecule has 0 radical (unpaired) electrons. The number of anilines is 1. The van der Waals surface area contributed by atoms with Crippen LogP contribution in [0, 0.1) is 0 Å². The first-order chi connectivity index (χ1) is 18.6. The van der Waals surface area contributed by atoms with Gasteiger partial charge < -0.3 is 25.4 Å². The van der Waals surface area contributed by atoms with Crippen LogP contribution < -0.4 is 25.4 Å². The number of benzene rings is 2. The standard InChI is InChI=1S/C30H43BrN4O4/c1-21(33-26-20-24(37-5)13-14-27(26)38-6)28(35-32)29(36)34-23-17-22(30(2,3)4)18-25(19-23)39-16-12-10-8-7-9-11-15-31/h13-14,17-20H,7-12,15-16,32H2,1-6H3,(H,34,36)/b33-21?,35-28+. The van der Waals surface area contributed by atoms with Crippen LogP contribution in [0.3, 0.4) is 0 Å². The molecule has 2 aromatic carbocycles.